The minimum atomic E-state index is -0.805. The Kier molecular flexibility index (Phi) is 3.06. The molecule has 1 saturated heterocycles. The molecule has 2 N–H and O–H groups in total. The molecule has 3 aliphatic carbocycles. The van der Waals surface area contributed by atoms with Crippen LogP contribution in [0.2, 0.25) is 0 Å². The molecule has 0 aromatic carbocycles. The maximum Gasteiger partial charge on any atom is 0.314 e. The molecule has 4 aliphatic rings. The van der Waals surface area contributed by atoms with Crippen LogP contribution in [0.5, 0.6) is 0 Å². The Morgan fingerprint density at radius 3 is 2.68 bits per heavy atom. The maximum atomic E-state index is 12.6. The van der Waals surface area contributed by atoms with Gasteiger partial charge in [0.25, 0.3) is 0 Å². The number of aliphatic hydroxyl groups is 2. The lowest BCUT2D eigenvalue weighted by Gasteiger charge is -2.54. The number of carbonyl (C=O) groups excluding carboxylic acids is 1. The van der Waals surface area contributed by atoms with Gasteiger partial charge in [-0.2, -0.15) is 0 Å². The van der Waals surface area contributed by atoms with Gasteiger partial charge in [-0.15, -0.1) is 0 Å². The first-order valence-electron chi connectivity index (χ1n) is 8.66. The van der Waals surface area contributed by atoms with Gasteiger partial charge < -0.3 is 14.9 Å². The Balaban J connectivity index is 1.79. The van der Waals surface area contributed by atoms with Gasteiger partial charge in [-0.05, 0) is 61.3 Å². The lowest BCUT2D eigenvalue weighted by atomic mass is 9.54. The first-order valence-corrected chi connectivity index (χ1v) is 8.66. The van der Waals surface area contributed by atoms with Crippen molar-refractivity contribution in [3.63, 3.8) is 0 Å². The monoisotopic (exact) mass is 306 g/mol. The molecule has 0 bridgehead atoms. The van der Waals surface area contributed by atoms with Crippen molar-refractivity contribution in [1.82, 2.24) is 0 Å². The van der Waals surface area contributed by atoms with E-state index in [1.165, 1.54) is 18.4 Å². The minimum absolute atomic E-state index is 0.191. The van der Waals surface area contributed by atoms with Crippen LogP contribution < -0.4 is 0 Å². The van der Waals surface area contributed by atoms with Crippen LogP contribution in [0.25, 0.3) is 0 Å². The second-order valence-electron chi connectivity index (χ2n) is 8.40. The van der Waals surface area contributed by atoms with Crippen LogP contribution in [-0.2, 0) is 9.53 Å². The highest BCUT2D eigenvalue weighted by Crippen LogP contribution is 2.62. The van der Waals surface area contributed by atoms with Gasteiger partial charge in [0, 0.05) is 5.92 Å². The number of carbonyl (C=O) groups is 1. The number of hydrogen-bond acceptors (Lipinski definition) is 4. The summed E-state index contributed by atoms with van der Waals surface area (Å²) < 4.78 is 5.84. The van der Waals surface area contributed by atoms with Crippen LogP contribution in [0.3, 0.4) is 0 Å². The van der Waals surface area contributed by atoms with E-state index >= 15 is 0 Å². The highest BCUT2D eigenvalue weighted by molar-refractivity contribution is 5.77. The van der Waals surface area contributed by atoms with Crippen LogP contribution >= 0.6 is 0 Å². The zero-order valence-corrected chi connectivity index (χ0v) is 13.5. The third-order valence-electron chi connectivity index (χ3n) is 7.14. The van der Waals surface area contributed by atoms with E-state index in [9.17, 15) is 15.0 Å². The molecule has 6 unspecified atom stereocenters. The standard InChI is InChI=1S/C18H26O4/c1-17-6-3-4-10(17)15-11(5-7-17)18(2)9-14(20)13(19)8-12(18)16(21)22-15/h11-14,19-20H,3-9H2,1-2H3. The van der Waals surface area contributed by atoms with Crippen molar-refractivity contribution in [2.24, 2.45) is 22.7 Å². The highest BCUT2D eigenvalue weighted by atomic mass is 16.5. The summed E-state index contributed by atoms with van der Waals surface area (Å²) in [5.41, 5.74) is 1.29. The van der Waals surface area contributed by atoms with Gasteiger partial charge in [-0.1, -0.05) is 13.8 Å². The largest absolute Gasteiger partial charge is 0.431 e. The molecule has 4 rings (SSSR count). The van der Waals surface area contributed by atoms with Crippen LogP contribution in [0, 0.1) is 22.7 Å². The summed E-state index contributed by atoms with van der Waals surface area (Å²) in [7, 11) is 0. The Bertz CT molecular complexity index is 553. The molecular formula is C18H26O4. The highest BCUT2D eigenvalue weighted by Gasteiger charge is 2.59. The van der Waals surface area contributed by atoms with Gasteiger partial charge >= 0.3 is 5.97 Å². The van der Waals surface area contributed by atoms with Crippen molar-refractivity contribution in [3.8, 4) is 0 Å². The average Bonchev–Trinajstić information content (AvgIpc) is 2.84. The predicted octanol–water partition coefficient (Wildman–Crippen LogP) is 2.54. The third-order valence-corrected chi connectivity index (χ3v) is 7.14. The topological polar surface area (TPSA) is 66.8 Å². The van der Waals surface area contributed by atoms with E-state index in [-0.39, 0.29) is 28.6 Å². The van der Waals surface area contributed by atoms with Gasteiger partial charge in [0.05, 0.1) is 18.1 Å². The molecule has 6 atom stereocenters. The van der Waals surface area contributed by atoms with Crippen LogP contribution in [0.15, 0.2) is 11.3 Å². The van der Waals surface area contributed by atoms with Crippen molar-refractivity contribution < 1.29 is 19.7 Å². The number of ether oxygens (including phenoxy) is 1. The van der Waals surface area contributed by atoms with Gasteiger partial charge in [0.1, 0.15) is 5.76 Å². The van der Waals surface area contributed by atoms with Crippen LogP contribution in [-0.4, -0.2) is 28.4 Å². The van der Waals surface area contributed by atoms with Gasteiger partial charge in [0.2, 0.25) is 0 Å². The van der Waals surface area contributed by atoms with Crippen molar-refractivity contribution in [1.29, 1.82) is 0 Å². The molecule has 122 valence electrons. The van der Waals surface area contributed by atoms with E-state index in [1.54, 1.807) is 0 Å². The summed E-state index contributed by atoms with van der Waals surface area (Å²) in [6, 6.07) is 0. The first-order chi connectivity index (χ1) is 10.3. The second kappa shape index (κ2) is 4.57. The smallest absolute Gasteiger partial charge is 0.314 e. The molecule has 1 heterocycles. The Hall–Kier alpha value is -0.870. The van der Waals surface area contributed by atoms with Gasteiger partial charge in [-0.25, -0.2) is 0 Å². The summed E-state index contributed by atoms with van der Waals surface area (Å²) in [6.07, 6.45) is 4.88. The third kappa shape index (κ3) is 1.80. The van der Waals surface area contributed by atoms with Crippen molar-refractivity contribution in [2.75, 3.05) is 0 Å². The van der Waals surface area contributed by atoms with Crippen LogP contribution in [0.4, 0.5) is 0 Å². The zero-order chi connectivity index (χ0) is 15.7. The molecule has 4 nitrogen and oxygen atoms in total. The molecule has 3 fully saturated rings. The lowest BCUT2D eigenvalue weighted by molar-refractivity contribution is -0.179. The summed E-state index contributed by atoms with van der Waals surface area (Å²) in [6.45, 7) is 4.43. The van der Waals surface area contributed by atoms with Crippen molar-refractivity contribution >= 4 is 5.97 Å². The zero-order valence-electron chi connectivity index (χ0n) is 13.5. The molecule has 1 aliphatic heterocycles. The van der Waals surface area contributed by atoms with Gasteiger partial charge in [0.15, 0.2) is 0 Å². The quantitative estimate of drug-likeness (QED) is 0.675. The molecule has 22 heavy (non-hydrogen) atoms. The summed E-state index contributed by atoms with van der Waals surface area (Å²) >= 11 is 0. The molecular weight excluding hydrogens is 280 g/mol. The Morgan fingerprint density at radius 1 is 1.14 bits per heavy atom. The van der Waals surface area contributed by atoms with E-state index in [2.05, 4.69) is 13.8 Å². The lowest BCUT2D eigenvalue weighted by Crippen LogP contribution is -2.56. The number of hydrogen-bond donors (Lipinski definition) is 2. The average molecular weight is 306 g/mol. The normalized spacial score (nSPS) is 51.0. The molecule has 0 radical (unpaired) electrons. The van der Waals surface area contributed by atoms with E-state index in [0.717, 1.165) is 25.0 Å². The van der Waals surface area contributed by atoms with Crippen molar-refractivity contribution in [2.45, 2.75) is 71.0 Å². The number of rotatable bonds is 0. The molecule has 0 aromatic rings. The fourth-order valence-corrected chi connectivity index (χ4v) is 5.70. The second-order valence-corrected chi connectivity index (χ2v) is 8.40. The van der Waals surface area contributed by atoms with Crippen molar-refractivity contribution in [3.05, 3.63) is 11.3 Å². The van der Waals surface area contributed by atoms with E-state index in [0.29, 0.717) is 12.8 Å². The molecule has 2 saturated carbocycles. The van der Waals surface area contributed by atoms with E-state index < -0.39 is 12.2 Å². The maximum absolute atomic E-state index is 12.6. The molecule has 0 amide bonds. The predicted molar refractivity (Wildman–Crippen MR) is 80.6 cm³/mol. The number of esters is 1. The number of aliphatic hydroxyl groups excluding tert-OH is 2. The van der Waals surface area contributed by atoms with E-state index in [4.69, 9.17) is 4.74 Å². The van der Waals surface area contributed by atoms with Gasteiger partial charge in [-0.3, -0.25) is 4.79 Å². The summed E-state index contributed by atoms with van der Waals surface area (Å²) in [5, 5.41) is 20.1. The Labute approximate surface area is 131 Å². The summed E-state index contributed by atoms with van der Waals surface area (Å²) in [4.78, 5) is 12.6. The minimum Gasteiger partial charge on any atom is -0.431 e. The number of allylic oxidation sites excluding steroid dienone is 2. The molecule has 4 heteroatoms. The summed E-state index contributed by atoms with van der Waals surface area (Å²) in [5.74, 6) is 0.673. The Morgan fingerprint density at radius 2 is 1.91 bits per heavy atom. The molecule has 0 spiro atoms. The van der Waals surface area contributed by atoms with E-state index in [1.807, 2.05) is 0 Å². The SMILES string of the molecule is CC12CCCC1=C1OC(=O)C3CC(O)C(O)CC3(C)C1CC2. The fraction of sp³-hybridized carbons (Fsp3) is 0.833. The van der Waals surface area contributed by atoms with Crippen LogP contribution in [0.1, 0.15) is 58.8 Å². The first kappa shape index (κ1) is 14.7. The fourth-order valence-electron chi connectivity index (χ4n) is 5.70. The number of fused-ring (bicyclic) bond motifs is 4. The molecule has 0 aromatic heterocycles.